The van der Waals surface area contributed by atoms with Gasteiger partial charge in [-0.15, -0.1) is 0 Å². The van der Waals surface area contributed by atoms with Gasteiger partial charge in [0.2, 0.25) is 0 Å². The van der Waals surface area contributed by atoms with Crippen molar-refractivity contribution < 1.29 is 4.74 Å². The molecular formula is C18H36N2O. The summed E-state index contributed by atoms with van der Waals surface area (Å²) in [6.07, 6.45) is 6.63. The second kappa shape index (κ2) is 6.17. The number of methoxy groups -OCH3 is 1. The zero-order valence-electron chi connectivity index (χ0n) is 15.1. The molecule has 1 unspecified atom stereocenters. The molecule has 124 valence electrons. The second-order valence-corrected chi connectivity index (χ2v) is 8.89. The summed E-state index contributed by atoms with van der Waals surface area (Å²) in [6, 6.07) is 0.592. The summed E-state index contributed by atoms with van der Waals surface area (Å²) in [6.45, 7) is 15.0. The van der Waals surface area contributed by atoms with Crippen molar-refractivity contribution in [3.8, 4) is 0 Å². The lowest BCUT2D eigenvalue weighted by Crippen LogP contribution is -2.66. The molecule has 0 amide bonds. The van der Waals surface area contributed by atoms with Gasteiger partial charge < -0.3 is 10.1 Å². The molecule has 2 aliphatic rings. The number of piperazine rings is 1. The van der Waals surface area contributed by atoms with Crippen molar-refractivity contribution in [1.82, 2.24) is 10.2 Å². The van der Waals surface area contributed by atoms with Crippen molar-refractivity contribution in [3.63, 3.8) is 0 Å². The molecule has 3 heteroatoms. The summed E-state index contributed by atoms with van der Waals surface area (Å²) < 4.78 is 5.63. The number of nitrogens with zero attached hydrogens (tertiary/aromatic N) is 1. The van der Waals surface area contributed by atoms with E-state index >= 15 is 0 Å². The third-order valence-electron chi connectivity index (χ3n) is 5.87. The van der Waals surface area contributed by atoms with E-state index in [1.54, 1.807) is 0 Å². The molecule has 1 spiro atoms. The predicted molar refractivity (Wildman–Crippen MR) is 89.7 cm³/mol. The minimum atomic E-state index is -0.0120. The smallest absolute Gasteiger partial charge is 0.0634 e. The molecule has 1 atom stereocenters. The Kier molecular flexibility index (Phi) is 5.07. The van der Waals surface area contributed by atoms with E-state index in [9.17, 15) is 0 Å². The van der Waals surface area contributed by atoms with Crippen molar-refractivity contribution in [3.05, 3.63) is 0 Å². The lowest BCUT2D eigenvalue weighted by molar-refractivity contribution is -0.0254. The van der Waals surface area contributed by atoms with E-state index in [0.29, 0.717) is 17.0 Å². The van der Waals surface area contributed by atoms with Crippen LogP contribution in [0, 0.1) is 5.41 Å². The highest BCUT2D eigenvalue weighted by Crippen LogP contribution is 2.39. The average Bonchev–Trinajstić information content (AvgIpc) is 2.86. The van der Waals surface area contributed by atoms with Crippen LogP contribution in [0.4, 0.5) is 0 Å². The Bertz CT molecular complexity index is 340. The maximum absolute atomic E-state index is 5.63. The third-order valence-corrected chi connectivity index (χ3v) is 5.87. The van der Waals surface area contributed by atoms with Gasteiger partial charge in [-0.25, -0.2) is 0 Å². The van der Waals surface area contributed by atoms with Crippen molar-refractivity contribution in [1.29, 1.82) is 0 Å². The fourth-order valence-corrected chi connectivity index (χ4v) is 3.84. The lowest BCUT2D eigenvalue weighted by atomic mass is 9.81. The number of nitrogens with one attached hydrogen (secondary N) is 1. The van der Waals surface area contributed by atoms with E-state index in [1.165, 1.54) is 38.8 Å². The van der Waals surface area contributed by atoms with E-state index in [1.807, 2.05) is 7.11 Å². The summed E-state index contributed by atoms with van der Waals surface area (Å²) in [5.74, 6) is 0. The van der Waals surface area contributed by atoms with Gasteiger partial charge in [-0.3, -0.25) is 4.90 Å². The van der Waals surface area contributed by atoms with Crippen LogP contribution in [0.25, 0.3) is 0 Å². The molecule has 0 aromatic carbocycles. The SMILES string of the molecule is COC(C)(C)CCN1CC(C(C)(C)C)NCC12CCCC2. The molecule has 0 aromatic heterocycles. The van der Waals surface area contributed by atoms with Crippen LogP contribution >= 0.6 is 0 Å². The van der Waals surface area contributed by atoms with Crippen molar-refractivity contribution in [2.75, 3.05) is 26.7 Å². The van der Waals surface area contributed by atoms with Gasteiger partial charge in [0.1, 0.15) is 0 Å². The molecule has 21 heavy (non-hydrogen) atoms. The molecule has 2 fully saturated rings. The maximum Gasteiger partial charge on any atom is 0.0634 e. The molecule has 1 aliphatic carbocycles. The minimum absolute atomic E-state index is 0.0120. The van der Waals surface area contributed by atoms with Crippen LogP contribution in [0.15, 0.2) is 0 Å². The van der Waals surface area contributed by atoms with E-state index < -0.39 is 0 Å². The maximum atomic E-state index is 5.63. The van der Waals surface area contributed by atoms with E-state index in [4.69, 9.17) is 4.74 Å². The van der Waals surface area contributed by atoms with Crippen LogP contribution in [0.1, 0.15) is 66.7 Å². The minimum Gasteiger partial charge on any atom is -0.379 e. The molecule has 3 nitrogen and oxygen atoms in total. The predicted octanol–water partition coefficient (Wildman–Crippen LogP) is 3.43. The number of rotatable bonds is 4. The number of ether oxygens (including phenoxy) is 1. The van der Waals surface area contributed by atoms with E-state index in [0.717, 1.165) is 13.0 Å². The van der Waals surface area contributed by atoms with E-state index in [2.05, 4.69) is 44.8 Å². The summed E-state index contributed by atoms with van der Waals surface area (Å²) in [4.78, 5) is 2.80. The van der Waals surface area contributed by atoms with Gasteiger partial charge in [0.15, 0.2) is 0 Å². The molecule has 1 heterocycles. The Morgan fingerprint density at radius 2 is 1.76 bits per heavy atom. The Morgan fingerprint density at radius 3 is 2.29 bits per heavy atom. The van der Waals surface area contributed by atoms with Gasteiger partial charge in [0.25, 0.3) is 0 Å². The van der Waals surface area contributed by atoms with Crippen LogP contribution in [0.5, 0.6) is 0 Å². The zero-order chi connectivity index (χ0) is 15.7. The molecular weight excluding hydrogens is 260 g/mol. The molecule has 1 saturated heterocycles. The highest BCUT2D eigenvalue weighted by atomic mass is 16.5. The number of hydrogen-bond donors (Lipinski definition) is 1. The summed E-state index contributed by atoms with van der Waals surface area (Å²) >= 11 is 0. The van der Waals surface area contributed by atoms with E-state index in [-0.39, 0.29) is 5.60 Å². The van der Waals surface area contributed by atoms with Gasteiger partial charge in [-0.1, -0.05) is 33.6 Å². The highest BCUT2D eigenvalue weighted by molar-refractivity contribution is 5.04. The van der Waals surface area contributed by atoms with Crippen LogP contribution in [-0.4, -0.2) is 48.8 Å². The molecule has 1 N–H and O–H groups in total. The first kappa shape index (κ1) is 17.2. The topological polar surface area (TPSA) is 24.5 Å². The first-order valence-corrected chi connectivity index (χ1v) is 8.72. The van der Waals surface area contributed by atoms with Crippen molar-refractivity contribution >= 4 is 0 Å². The average molecular weight is 296 g/mol. The van der Waals surface area contributed by atoms with Gasteiger partial charge >= 0.3 is 0 Å². The van der Waals surface area contributed by atoms with Crippen molar-refractivity contribution in [2.45, 2.75) is 83.9 Å². The fraction of sp³-hybridized carbons (Fsp3) is 1.00. The third kappa shape index (κ3) is 4.00. The number of hydrogen-bond acceptors (Lipinski definition) is 3. The Hall–Kier alpha value is -0.120. The van der Waals surface area contributed by atoms with Crippen LogP contribution in [0.3, 0.4) is 0 Å². The molecule has 0 radical (unpaired) electrons. The normalized spacial score (nSPS) is 27.4. The summed E-state index contributed by atoms with van der Waals surface area (Å²) in [7, 11) is 1.83. The monoisotopic (exact) mass is 296 g/mol. The lowest BCUT2D eigenvalue weighted by Gasteiger charge is -2.52. The molecule has 2 rings (SSSR count). The van der Waals surface area contributed by atoms with Gasteiger partial charge in [-0.2, -0.15) is 0 Å². The standard InChI is InChI=1S/C18H36N2O/c1-16(2,3)15-13-20(12-11-17(4,5)21-6)18(14-19-15)9-7-8-10-18/h15,19H,7-14H2,1-6H3. The highest BCUT2D eigenvalue weighted by Gasteiger charge is 2.45. The van der Waals surface area contributed by atoms with Crippen LogP contribution in [0.2, 0.25) is 0 Å². The Balaban J connectivity index is 2.06. The van der Waals surface area contributed by atoms with Gasteiger partial charge in [-0.05, 0) is 38.5 Å². The molecule has 0 bridgehead atoms. The van der Waals surface area contributed by atoms with Gasteiger partial charge in [0, 0.05) is 38.3 Å². The van der Waals surface area contributed by atoms with Crippen LogP contribution in [-0.2, 0) is 4.74 Å². The Labute approximate surface area is 131 Å². The van der Waals surface area contributed by atoms with Gasteiger partial charge in [0.05, 0.1) is 5.60 Å². The zero-order valence-corrected chi connectivity index (χ0v) is 15.1. The molecule has 1 saturated carbocycles. The second-order valence-electron chi connectivity index (χ2n) is 8.89. The summed E-state index contributed by atoms with van der Waals surface area (Å²) in [5, 5.41) is 3.86. The quantitative estimate of drug-likeness (QED) is 0.860. The van der Waals surface area contributed by atoms with Crippen LogP contribution < -0.4 is 5.32 Å². The largest absolute Gasteiger partial charge is 0.379 e. The fourth-order valence-electron chi connectivity index (χ4n) is 3.84. The first-order chi connectivity index (χ1) is 9.69. The molecule has 0 aromatic rings. The van der Waals surface area contributed by atoms with Crippen molar-refractivity contribution in [2.24, 2.45) is 5.41 Å². The molecule has 1 aliphatic heterocycles. The first-order valence-electron chi connectivity index (χ1n) is 8.72. The Morgan fingerprint density at radius 1 is 1.14 bits per heavy atom. The summed E-state index contributed by atoms with van der Waals surface area (Å²) in [5.41, 5.74) is 0.739.